The first kappa shape index (κ1) is 20.8. The van der Waals surface area contributed by atoms with E-state index in [9.17, 15) is 0 Å². The van der Waals surface area contributed by atoms with E-state index in [1.165, 1.54) is 16.7 Å². The largest absolute Gasteiger partial charge is 0.497 e. The number of rotatable bonds is 3. The first-order chi connectivity index (χ1) is 12.2. The van der Waals surface area contributed by atoms with Crippen molar-refractivity contribution in [3.63, 3.8) is 0 Å². The van der Waals surface area contributed by atoms with Crippen LogP contribution in [0.4, 0.5) is 0 Å². The van der Waals surface area contributed by atoms with Crippen molar-refractivity contribution in [3.8, 4) is 17.2 Å². The van der Waals surface area contributed by atoms with Gasteiger partial charge in [0.2, 0.25) is 0 Å². The molecule has 1 heterocycles. The summed E-state index contributed by atoms with van der Waals surface area (Å²) in [5, 5.41) is 3.33. The van der Waals surface area contributed by atoms with Crippen molar-refractivity contribution in [2.24, 2.45) is 0 Å². The van der Waals surface area contributed by atoms with Crippen molar-refractivity contribution in [1.29, 1.82) is 0 Å². The average molecular weight is 345 g/mol. The fourth-order valence-corrected chi connectivity index (χ4v) is 2.48. The number of nitrogens with one attached hydrogen (secondary N) is 1. The van der Waals surface area contributed by atoms with Crippen LogP contribution in [0.15, 0.2) is 36.4 Å². The Morgan fingerprint density at radius 3 is 1.88 bits per heavy atom. The molecule has 0 spiro atoms. The summed E-state index contributed by atoms with van der Waals surface area (Å²) >= 11 is 0. The molecule has 0 radical (unpaired) electrons. The molecule has 0 saturated heterocycles. The van der Waals surface area contributed by atoms with Crippen molar-refractivity contribution in [2.45, 2.75) is 33.7 Å². The number of hydrogen-bond acceptors (Lipinski definition) is 4. The van der Waals surface area contributed by atoms with E-state index in [-0.39, 0.29) is 0 Å². The fourth-order valence-electron chi connectivity index (χ4n) is 2.48. The lowest BCUT2D eigenvalue weighted by atomic mass is 10.0. The van der Waals surface area contributed by atoms with E-state index in [0.717, 1.165) is 36.8 Å². The normalized spacial score (nSPS) is 11.8. The second-order valence-corrected chi connectivity index (χ2v) is 5.42. The summed E-state index contributed by atoms with van der Waals surface area (Å²) in [5.74, 6) is 2.56. The highest BCUT2D eigenvalue weighted by atomic mass is 16.5. The third kappa shape index (κ3) is 6.31. The van der Waals surface area contributed by atoms with Crippen molar-refractivity contribution in [1.82, 2.24) is 5.32 Å². The standard InChI is InChI=1S/C11H15NO2.C8H10O.C2H6/c1-13-10-5-8-3-4-12-7-9(8)6-11(10)14-2;1-7-3-5-8(9-2)6-4-7;1-2/h5-6,12H,3-4,7H2,1-2H3;3-6H,1-2H3;1-2H3. The first-order valence-electron chi connectivity index (χ1n) is 8.73. The van der Waals surface area contributed by atoms with Gasteiger partial charge in [-0.2, -0.15) is 0 Å². The average Bonchev–Trinajstić information content (AvgIpc) is 2.69. The van der Waals surface area contributed by atoms with Crippen molar-refractivity contribution < 1.29 is 14.2 Å². The van der Waals surface area contributed by atoms with Gasteiger partial charge in [0.25, 0.3) is 0 Å². The van der Waals surface area contributed by atoms with Gasteiger partial charge in [0.1, 0.15) is 5.75 Å². The lowest BCUT2D eigenvalue weighted by Crippen LogP contribution is -2.23. The summed E-state index contributed by atoms with van der Waals surface area (Å²) in [5.41, 5.74) is 3.94. The molecule has 0 bridgehead atoms. The van der Waals surface area contributed by atoms with Gasteiger partial charge in [-0.15, -0.1) is 0 Å². The van der Waals surface area contributed by atoms with Gasteiger partial charge in [-0.05, 0) is 55.3 Å². The molecule has 0 fully saturated rings. The summed E-state index contributed by atoms with van der Waals surface area (Å²) in [7, 11) is 5.01. The number of methoxy groups -OCH3 is 3. The third-order valence-electron chi connectivity index (χ3n) is 3.85. The van der Waals surface area contributed by atoms with Crippen LogP contribution >= 0.6 is 0 Å². The second-order valence-electron chi connectivity index (χ2n) is 5.42. The third-order valence-corrected chi connectivity index (χ3v) is 3.85. The first-order valence-corrected chi connectivity index (χ1v) is 8.73. The van der Waals surface area contributed by atoms with E-state index in [0.29, 0.717) is 0 Å². The van der Waals surface area contributed by atoms with Gasteiger partial charge in [0, 0.05) is 6.54 Å². The van der Waals surface area contributed by atoms with E-state index in [2.05, 4.69) is 24.4 Å². The van der Waals surface area contributed by atoms with Gasteiger partial charge in [0.15, 0.2) is 11.5 Å². The maximum Gasteiger partial charge on any atom is 0.161 e. The van der Waals surface area contributed by atoms with Crippen LogP contribution in [0.5, 0.6) is 17.2 Å². The molecule has 2 aromatic carbocycles. The Bertz CT molecular complexity index is 580. The van der Waals surface area contributed by atoms with E-state index < -0.39 is 0 Å². The highest BCUT2D eigenvalue weighted by Gasteiger charge is 2.13. The number of fused-ring (bicyclic) bond motifs is 1. The Morgan fingerprint density at radius 2 is 1.36 bits per heavy atom. The molecular formula is C21H31NO3. The molecule has 1 N–H and O–H groups in total. The summed E-state index contributed by atoms with van der Waals surface area (Å²) < 4.78 is 15.5. The Kier molecular flexibility index (Phi) is 9.48. The minimum Gasteiger partial charge on any atom is -0.497 e. The monoisotopic (exact) mass is 345 g/mol. The Balaban J connectivity index is 0.000000246. The topological polar surface area (TPSA) is 39.7 Å². The van der Waals surface area contributed by atoms with Crippen molar-refractivity contribution in [2.75, 3.05) is 27.9 Å². The van der Waals surface area contributed by atoms with E-state index in [4.69, 9.17) is 14.2 Å². The van der Waals surface area contributed by atoms with Crippen molar-refractivity contribution in [3.05, 3.63) is 53.1 Å². The highest BCUT2D eigenvalue weighted by Crippen LogP contribution is 2.31. The van der Waals surface area contributed by atoms with Crippen LogP contribution in [-0.2, 0) is 13.0 Å². The summed E-state index contributed by atoms with van der Waals surface area (Å²) in [6.45, 7) is 8.03. The van der Waals surface area contributed by atoms with Crippen LogP contribution in [-0.4, -0.2) is 27.9 Å². The fraction of sp³-hybridized carbons (Fsp3) is 0.429. The van der Waals surface area contributed by atoms with Gasteiger partial charge in [-0.1, -0.05) is 31.5 Å². The molecule has 138 valence electrons. The lowest BCUT2D eigenvalue weighted by Gasteiger charge is -2.19. The Labute approximate surface area is 152 Å². The molecule has 4 nitrogen and oxygen atoms in total. The quantitative estimate of drug-likeness (QED) is 0.896. The molecule has 1 aliphatic rings. The van der Waals surface area contributed by atoms with Crippen LogP contribution in [0, 0.1) is 6.92 Å². The summed E-state index contributed by atoms with van der Waals surface area (Å²) in [6.07, 6.45) is 1.07. The molecule has 0 atom stereocenters. The molecule has 0 amide bonds. The van der Waals surface area contributed by atoms with Gasteiger partial charge in [-0.3, -0.25) is 0 Å². The highest BCUT2D eigenvalue weighted by molar-refractivity contribution is 5.48. The van der Waals surface area contributed by atoms with Gasteiger partial charge in [-0.25, -0.2) is 0 Å². The van der Waals surface area contributed by atoms with Crippen molar-refractivity contribution >= 4 is 0 Å². The molecule has 3 rings (SSSR count). The molecule has 0 unspecified atom stereocenters. The second kappa shape index (κ2) is 11.4. The molecule has 25 heavy (non-hydrogen) atoms. The SMILES string of the molecule is CC.COc1cc2c(cc1OC)CNCC2.COc1ccc(C)cc1. The molecule has 0 aliphatic carbocycles. The predicted molar refractivity (Wildman–Crippen MR) is 104 cm³/mol. The zero-order chi connectivity index (χ0) is 18.7. The summed E-state index contributed by atoms with van der Waals surface area (Å²) in [4.78, 5) is 0. The minimum atomic E-state index is 0.815. The van der Waals surface area contributed by atoms with Gasteiger partial charge < -0.3 is 19.5 Å². The smallest absolute Gasteiger partial charge is 0.161 e. The molecule has 0 aromatic heterocycles. The zero-order valence-electron chi connectivity index (χ0n) is 16.3. The minimum absolute atomic E-state index is 0.815. The zero-order valence-corrected chi connectivity index (χ0v) is 16.3. The number of aryl methyl sites for hydroxylation is 1. The predicted octanol–water partition coefficient (Wildman–Crippen LogP) is 4.38. The van der Waals surface area contributed by atoms with E-state index >= 15 is 0 Å². The maximum absolute atomic E-state index is 5.26. The van der Waals surface area contributed by atoms with Crippen LogP contribution < -0.4 is 19.5 Å². The molecular weight excluding hydrogens is 314 g/mol. The molecule has 0 saturated carbocycles. The van der Waals surface area contributed by atoms with Crippen LogP contribution in [0.3, 0.4) is 0 Å². The number of hydrogen-bond donors (Lipinski definition) is 1. The van der Waals surface area contributed by atoms with Crippen LogP contribution in [0.1, 0.15) is 30.5 Å². The lowest BCUT2D eigenvalue weighted by molar-refractivity contribution is 0.353. The van der Waals surface area contributed by atoms with E-state index in [1.807, 2.05) is 38.1 Å². The van der Waals surface area contributed by atoms with Gasteiger partial charge in [0.05, 0.1) is 21.3 Å². The molecule has 4 heteroatoms. The molecule has 2 aromatic rings. The number of ether oxygens (including phenoxy) is 3. The maximum atomic E-state index is 5.26. The Hall–Kier alpha value is -2.20. The van der Waals surface area contributed by atoms with E-state index in [1.54, 1.807) is 21.3 Å². The molecule has 1 aliphatic heterocycles. The van der Waals surface area contributed by atoms with Crippen LogP contribution in [0.2, 0.25) is 0 Å². The number of benzene rings is 2. The van der Waals surface area contributed by atoms with Crippen LogP contribution in [0.25, 0.3) is 0 Å². The summed E-state index contributed by atoms with van der Waals surface area (Å²) in [6, 6.07) is 12.1. The Morgan fingerprint density at radius 1 is 0.800 bits per heavy atom. The van der Waals surface area contributed by atoms with Gasteiger partial charge >= 0.3 is 0 Å².